The van der Waals surface area contributed by atoms with Gasteiger partial charge in [0.15, 0.2) is 6.61 Å². The number of furan rings is 1. The predicted octanol–water partition coefficient (Wildman–Crippen LogP) is 3.95. The van der Waals surface area contributed by atoms with Gasteiger partial charge in [-0.15, -0.1) is 0 Å². The van der Waals surface area contributed by atoms with E-state index in [1.165, 1.54) is 24.3 Å². The summed E-state index contributed by atoms with van der Waals surface area (Å²) < 4.78 is 51.2. The number of rotatable bonds is 9. The molecule has 142 valence electrons. The van der Waals surface area contributed by atoms with Gasteiger partial charge in [-0.1, -0.05) is 0 Å². The maximum absolute atomic E-state index is 12.1. The molecule has 0 aliphatic carbocycles. The number of hydrogen-bond donors (Lipinski definition) is 2. The molecule has 1 heterocycles. The molecular weight excluding hydrogens is 353 g/mol. The molecule has 0 aliphatic heterocycles. The van der Waals surface area contributed by atoms with E-state index < -0.39 is 18.8 Å². The van der Waals surface area contributed by atoms with Crippen molar-refractivity contribution in [2.75, 3.05) is 25.1 Å². The number of anilines is 1. The van der Waals surface area contributed by atoms with Gasteiger partial charge in [-0.2, -0.15) is 13.2 Å². The molecule has 0 radical (unpaired) electrons. The fraction of sp³-hybridized carbons (Fsp3) is 0.353. The Balaban J connectivity index is 1.58. The highest BCUT2D eigenvalue weighted by molar-refractivity contribution is 5.89. The molecule has 0 fully saturated rings. The molecule has 0 aliphatic rings. The molecule has 0 unspecified atom stereocenters. The van der Waals surface area contributed by atoms with Crippen molar-refractivity contribution in [3.63, 3.8) is 0 Å². The lowest BCUT2D eigenvalue weighted by Gasteiger charge is -2.10. The van der Waals surface area contributed by atoms with Gasteiger partial charge in [-0.05, 0) is 42.8 Å². The average Bonchev–Trinajstić information content (AvgIpc) is 3.10. The van der Waals surface area contributed by atoms with E-state index in [0.29, 0.717) is 31.9 Å². The fourth-order valence-corrected chi connectivity index (χ4v) is 1.92. The summed E-state index contributed by atoms with van der Waals surface area (Å²) in [5, 5.41) is 5.22. The van der Waals surface area contributed by atoms with Crippen LogP contribution >= 0.6 is 0 Å². The Labute approximate surface area is 148 Å². The number of benzene rings is 1. The third-order valence-electron chi connectivity index (χ3n) is 3.09. The van der Waals surface area contributed by atoms with Crippen LogP contribution in [-0.2, 0) is 11.3 Å². The number of ether oxygens (including phenoxy) is 2. The van der Waals surface area contributed by atoms with Gasteiger partial charge in [0.25, 0.3) is 0 Å². The predicted molar refractivity (Wildman–Crippen MR) is 88.0 cm³/mol. The van der Waals surface area contributed by atoms with Crippen LogP contribution in [-0.4, -0.2) is 32.0 Å². The lowest BCUT2D eigenvalue weighted by Crippen LogP contribution is -2.30. The Morgan fingerprint density at radius 3 is 2.58 bits per heavy atom. The summed E-state index contributed by atoms with van der Waals surface area (Å²) in [6.45, 7) is -0.104. The molecule has 26 heavy (non-hydrogen) atoms. The van der Waals surface area contributed by atoms with Crippen molar-refractivity contribution in [2.45, 2.75) is 19.2 Å². The first-order valence-corrected chi connectivity index (χ1v) is 7.87. The SMILES string of the molecule is O=C(NCCCOCc1ccco1)Nc1ccc(OCC(F)(F)F)cc1. The van der Waals surface area contributed by atoms with E-state index in [-0.39, 0.29) is 5.75 Å². The summed E-state index contributed by atoms with van der Waals surface area (Å²) in [4.78, 5) is 11.7. The smallest absolute Gasteiger partial charge is 0.422 e. The molecule has 2 N–H and O–H groups in total. The molecule has 0 saturated carbocycles. The Bertz CT molecular complexity index is 658. The van der Waals surface area contributed by atoms with Crippen LogP contribution in [0.5, 0.6) is 5.75 Å². The minimum Gasteiger partial charge on any atom is -0.484 e. The number of nitrogens with one attached hydrogen (secondary N) is 2. The Morgan fingerprint density at radius 1 is 1.15 bits per heavy atom. The van der Waals surface area contributed by atoms with Crippen LogP contribution in [0.15, 0.2) is 47.1 Å². The third kappa shape index (κ3) is 7.93. The maximum Gasteiger partial charge on any atom is 0.422 e. The summed E-state index contributed by atoms with van der Waals surface area (Å²) in [7, 11) is 0. The van der Waals surface area contributed by atoms with Gasteiger partial charge < -0.3 is 24.5 Å². The van der Waals surface area contributed by atoms with E-state index >= 15 is 0 Å². The van der Waals surface area contributed by atoms with Gasteiger partial charge in [-0.3, -0.25) is 0 Å². The molecule has 0 saturated heterocycles. The van der Waals surface area contributed by atoms with E-state index in [0.717, 1.165) is 5.76 Å². The minimum absolute atomic E-state index is 0.0713. The lowest BCUT2D eigenvalue weighted by atomic mass is 10.3. The van der Waals surface area contributed by atoms with E-state index in [1.54, 1.807) is 12.3 Å². The van der Waals surface area contributed by atoms with Crippen LogP contribution in [0.1, 0.15) is 12.2 Å². The number of halogens is 3. The number of hydrogen-bond acceptors (Lipinski definition) is 4. The van der Waals surface area contributed by atoms with Crippen LogP contribution in [0.25, 0.3) is 0 Å². The van der Waals surface area contributed by atoms with Crippen LogP contribution in [0.2, 0.25) is 0 Å². The number of amides is 2. The van der Waals surface area contributed by atoms with Gasteiger partial charge in [0, 0.05) is 18.8 Å². The number of alkyl halides is 3. The highest BCUT2D eigenvalue weighted by Crippen LogP contribution is 2.20. The molecule has 0 atom stereocenters. The second-order valence-electron chi connectivity index (χ2n) is 5.29. The monoisotopic (exact) mass is 372 g/mol. The molecule has 2 aromatic rings. The van der Waals surface area contributed by atoms with E-state index in [4.69, 9.17) is 9.15 Å². The average molecular weight is 372 g/mol. The Kier molecular flexibility index (Phi) is 7.34. The van der Waals surface area contributed by atoms with Crippen LogP contribution in [0, 0.1) is 0 Å². The van der Waals surface area contributed by atoms with Crippen molar-refractivity contribution in [3.05, 3.63) is 48.4 Å². The molecular formula is C17H19F3N2O4. The first-order chi connectivity index (χ1) is 12.4. The summed E-state index contributed by atoms with van der Waals surface area (Å²) in [5.41, 5.74) is 0.441. The zero-order chi connectivity index (χ0) is 18.8. The molecule has 1 aromatic heterocycles. The Hall–Kier alpha value is -2.68. The van der Waals surface area contributed by atoms with Crippen LogP contribution in [0.3, 0.4) is 0 Å². The molecule has 6 nitrogen and oxygen atoms in total. The topological polar surface area (TPSA) is 72.7 Å². The zero-order valence-electron chi connectivity index (χ0n) is 13.8. The van der Waals surface area contributed by atoms with Crippen molar-refractivity contribution in [1.82, 2.24) is 5.32 Å². The molecule has 1 aromatic carbocycles. The Morgan fingerprint density at radius 2 is 1.92 bits per heavy atom. The summed E-state index contributed by atoms with van der Waals surface area (Å²) in [6, 6.07) is 8.79. The zero-order valence-corrected chi connectivity index (χ0v) is 13.8. The normalized spacial score (nSPS) is 11.2. The van der Waals surface area contributed by atoms with Gasteiger partial charge >= 0.3 is 12.2 Å². The second-order valence-corrected chi connectivity index (χ2v) is 5.29. The number of carbonyl (C=O) groups is 1. The lowest BCUT2D eigenvalue weighted by molar-refractivity contribution is -0.153. The quantitative estimate of drug-likeness (QED) is 0.654. The van der Waals surface area contributed by atoms with Gasteiger partial charge in [0.05, 0.1) is 6.26 Å². The number of carbonyl (C=O) groups excluding carboxylic acids is 1. The fourth-order valence-electron chi connectivity index (χ4n) is 1.92. The highest BCUT2D eigenvalue weighted by atomic mass is 19.4. The van der Waals surface area contributed by atoms with Crippen molar-refractivity contribution >= 4 is 11.7 Å². The van der Waals surface area contributed by atoms with E-state index in [1.807, 2.05) is 6.07 Å². The highest BCUT2D eigenvalue weighted by Gasteiger charge is 2.28. The molecule has 0 bridgehead atoms. The maximum atomic E-state index is 12.1. The van der Waals surface area contributed by atoms with Gasteiger partial charge in [0.1, 0.15) is 18.1 Å². The standard InChI is InChI=1S/C17H19F3N2O4/c18-17(19,20)12-26-14-6-4-13(5-7-14)22-16(23)21-8-2-9-24-11-15-3-1-10-25-15/h1,3-7,10H,2,8-9,11-12H2,(H2,21,22,23). The summed E-state index contributed by atoms with van der Waals surface area (Å²) in [5.74, 6) is 0.806. The van der Waals surface area contributed by atoms with Crippen molar-refractivity contribution < 1.29 is 31.9 Å². The van der Waals surface area contributed by atoms with E-state index in [2.05, 4.69) is 15.4 Å². The molecule has 9 heteroatoms. The van der Waals surface area contributed by atoms with Crippen molar-refractivity contribution in [2.24, 2.45) is 0 Å². The van der Waals surface area contributed by atoms with Crippen molar-refractivity contribution in [1.29, 1.82) is 0 Å². The van der Waals surface area contributed by atoms with Gasteiger partial charge in [-0.25, -0.2) is 4.79 Å². The third-order valence-corrected chi connectivity index (χ3v) is 3.09. The van der Waals surface area contributed by atoms with Crippen LogP contribution in [0.4, 0.5) is 23.7 Å². The number of urea groups is 1. The van der Waals surface area contributed by atoms with Crippen LogP contribution < -0.4 is 15.4 Å². The van der Waals surface area contributed by atoms with Crippen molar-refractivity contribution in [3.8, 4) is 5.75 Å². The molecule has 0 spiro atoms. The molecule has 2 rings (SSSR count). The van der Waals surface area contributed by atoms with E-state index in [9.17, 15) is 18.0 Å². The summed E-state index contributed by atoms with van der Waals surface area (Å²) >= 11 is 0. The second kappa shape index (κ2) is 9.71. The molecule has 2 amide bonds. The first kappa shape index (κ1) is 19.6. The minimum atomic E-state index is -4.39. The van der Waals surface area contributed by atoms with Gasteiger partial charge in [0.2, 0.25) is 0 Å². The first-order valence-electron chi connectivity index (χ1n) is 7.87. The summed E-state index contributed by atoms with van der Waals surface area (Å²) in [6.07, 6.45) is -2.20. The largest absolute Gasteiger partial charge is 0.484 e.